The SMILES string of the molecule is CCOc1cccnc1NCC1(SC)CC1. The van der Waals surface area contributed by atoms with Crippen molar-refractivity contribution >= 4 is 17.6 Å². The molecule has 1 aliphatic carbocycles. The second-order valence-electron chi connectivity index (χ2n) is 4.02. The Morgan fingerprint density at radius 2 is 2.38 bits per heavy atom. The molecule has 2 rings (SSSR count). The molecule has 1 fully saturated rings. The minimum absolute atomic E-state index is 0.445. The van der Waals surface area contributed by atoms with E-state index in [9.17, 15) is 0 Å². The first-order valence-electron chi connectivity index (χ1n) is 5.66. The zero-order valence-corrected chi connectivity index (χ0v) is 10.6. The molecule has 4 heteroatoms. The number of rotatable bonds is 6. The molecule has 0 aromatic carbocycles. The Bertz CT molecular complexity index is 353. The summed E-state index contributed by atoms with van der Waals surface area (Å²) in [6, 6.07) is 3.86. The van der Waals surface area contributed by atoms with Crippen LogP contribution in [0.15, 0.2) is 18.3 Å². The minimum Gasteiger partial charge on any atom is -0.490 e. The molecule has 0 spiro atoms. The highest BCUT2D eigenvalue weighted by Crippen LogP contribution is 2.47. The van der Waals surface area contributed by atoms with Crippen LogP contribution in [0.2, 0.25) is 0 Å². The van der Waals surface area contributed by atoms with Crippen LogP contribution in [-0.4, -0.2) is 29.1 Å². The third kappa shape index (κ3) is 2.61. The zero-order valence-electron chi connectivity index (χ0n) is 9.82. The maximum Gasteiger partial charge on any atom is 0.168 e. The summed E-state index contributed by atoms with van der Waals surface area (Å²) in [4.78, 5) is 4.32. The third-order valence-electron chi connectivity index (χ3n) is 2.89. The molecule has 16 heavy (non-hydrogen) atoms. The van der Waals surface area contributed by atoms with Gasteiger partial charge in [-0.25, -0.2) is 4.98 Å². The fourth-order valence-electron chi connectivity index (χ4n) is 1.63. The fraction of sp³-hybridized carbons (Fsp3) is 0.583. The van der Waals surface area contributed by atoms with Crippen LogP contribution in [0.3, 0.4) is 0 Å². The lowest BCUT2D eigenvalue weighted by molar-refractivity contribution is 0.340. The van der Waals surface area contributed by atoms with E-state index < -0.39 is 0 Å². The van der Waals surface area contributed by atoms with Crippen molar-refractivity contribution in [2.24, 2.45) is 0 Å². The van der Waals surface area contributed by atoms with Gasteiger partial charge in [0.1, 0.15) is 0 Å². The number of nitrogens with one attached hydrogen (secondary N) is 1. The molecule has 1 N–H and O–H groups in total. The number of hydrogen-bond acceptors (Lipinski definition) is 4. The molecule has 88 valence electrons. The molecule has 1 saturated carbocycles. The zero-order chi connectivity index (χ0) is 11.4. The van der Waals surface area contributed by atoms with Gasteiger partial charge in [-0.2, -0.15) is 11.8 Å². The van der Waals surface area contributed by atoms with Crippen molar-refractivity contribution in [1.82, 2.24) is 4.98 Å². The summed E-state index contributed by atoms with van der Waals surface area (Å²) in [6.07, 6.45) is 6.58. The Morgan fingerprint density at radius 1 is 1.56 bits per heavy atom. The number of hydrogen-bond donors (Lipinski definition) is 1. The van der Waals surface area contributed by atoms with E-state index >= 15 is 0 Å². The summed E-state index contributed by atoms with van der Waals surface area (Å²) >= 11 is 1.95. The summed E-state index contributed by atoms with van der Waals surface area (Å²) < 4.78 is 5.97. The van der Waals surface area contributed by atoms with Crippen LogP contribution in [0.25, 0.3) is 0 Å². The first-order valence-corrected chi connectivity index (χ1v) is 6.89. The molecule has 1 aromatic rings. The molecule has 0 unspecified atom stereocenters. The van der Waals surface area contributed by atoms with Crippen LogP contribution >= 0.6 is 11.8 Å². The first kappa shape index (κ1) is 11.6. The Morgan fingerprint density at radius 3 is 3.00 bits per heavy atom. The lowest BCUT2D eigenvalue weighted by Gasteiger charge is -2.15. The van der Waals surface area contributed by atoms with Crippen molar-refractivity contribution in [3.05, 3.63) is 18.3 Å². The van der Waals surface area contributed by atoms with Crippen molar-refractivity contribution in [3.63, 3.8) is 0 Å². The third-order valence-corrected chi connectivity index (χ3v) is 4.31. The van der Waals surface area contributed by atoms with Crippen molar-refractivity contribution in [3.8, 4) is 5.75 Å². The highest BCUT2D eigenvalue weighted by atomic mass is 32.2. The smallest absolute Gasteiger partial charge is 0.168 e. The Balaban J connectivity index is 1.97. The lowest BCUT2D eigenvalue weighted by Crippen LogP contribution is -2.18. The summed E-state index contributed by atoms with van der Waals surface area (Å²) in [7, 11) is 0. The highest BCUT2D eigenvalue weighted by molar-refractivity contribution is 8.00. The molecule has 0 aliphatic heterocycles. The van der Waals surface area contributed by atoms with E-state index in [0.717, 1.165) is 18.1 Å². The van der Waals surface area contributed by atoms with Crippen molar-refractivity contribution < 1.29 is 4.74 Å². The summed E-state index contributed by atoms with van der Waals surface area (Å²) in [5.41, 5.74) is 0. The monoisotopic (exact) mass is 238 g/mol. The number of pyridine rings is 1. The van der Waals surface area contributed by atoms with Crippen molar-refractivity contribution in [1.29, 1.82) is 0 Å². The van der Waals surface area contributed by atoms with E-state index in [4.69, 9.17) is 4.74 Å². The number of nitrogens with zero attached hydrogens (tertiary/aromatic N) is 1. The van der Waals surface area contributed by atoms with Gasteiger partial charge >= 0.3 is 0 Å². The Labute approximate surface area is 101 Å². The molecule has 1 heterocycles. The average Bonchev–Trinajstić information content (AvgIpc) is 3.09. The molecule has 1 aromatic heterocycles. The van der Waals surface area contributed by atoms with Gasteiger partial charge in [0.05, 0.1) is 6.61 Å². The second kappa shape index (κ2) is 4.95. The molecular weight excluding hydrogens is 220 g/mol. The van der Waals surface area contributed by atoms with E-state index in [-0.39, 0.29) is 0 Å². The maximum absolute atomic E-state index is 5.52. The molecule has 3 nitrogen and oxygen atoms in total. The van der Waals surface area contributed by atoms with Gasteiger partial charge in [-0.15, -0.1) is 0 Å². The van der Waals surface area contributed by atoms with Gasteiger partial charge in [-0.1, -0.05) is 0 Å². The predicted octanol–water partition coefficient (Wildman–Crippen LogP) is 2.79. The number of anilines is 1. The van der Waals surface area contributed by atoms with Crippen LogP contribution in [0, 0.1) is 0 Å². The normalized spacial score (nSPS) is 16.9. The van der Waals surface area contributed by atoms with E-state index in [1.807, 2.05) is 30.8 Å². The summed E-state index contributed by atoms with van der Waals surface area (Å²) in [6.45, 7) is 3.64. The van der Waals surface area contributed by atoms with E-state index in [1.165, 1.54) is 12.8 Å². The molecule has 0 atom stereocenters. The summed E-state index contributed by atoms with van der Waals surface area (Å²) in [5.74, 6) is 1.71. The molecule has 1 aliphatic rings. The Hall–Kier alpha value is -0.900. The van der Waals surface area contributed by atoms with Crippen LogP contribution < -0.4 is 10.1 Å². The van der Waals surface area contributed by atoms with E-state index in [2.05, 4.69) is 16.6 Å². The predicted molar refractivity (Wildman–Crippen MR) is 69.4 cm³/mol. The van der Waals surface area contributed by atoms with E-state index in [0.29, 0.717) is 11.4 Å². The minimum atomic E-state index is 0.445. The number of ether oxygens (including phenoxy) is 1. The van der Waals surface area contributed by atoms with Gasteiger partial charge in [0.25, 0.3) is 0 Å². The van der Waals surface area contributed by atoms with Gasteiger partial charge in [0.2, 0.25) is 0 Å². The number of thioether (sulfide) groups is 1. The van der Waals surface area contributed by atoms with Gasteiger partial charge in [-0.05, 0) is 38.2 Å². The van der Waals surface area contributed by atoms with Crippen molar-refractivity contribution in [2.75, 3.05) is 24.7 Å². The summed E-state index contributed by atoms with van der Waals surface area (Å²) in [5, 5.41) is 3.39. The van der Waals surface area contributed by atoms with Crippen molar-refractivity contribution in [2.45, 2.75) is 24.5 Å². The van der Waals surface area contributed by atoms with Crippen LogP contribution in [0.1, 0.15) is 19.8 Å². The van der Waals surface area contributed by atoms with Gasteiger partial charge in [-0.3, -0.25) is 0 Å². The molecule has 0 amide bonds. The van der Waals surface area contributed by atoms with Gasteiger partial charge in [0.15, 0.2) is 11.6 Å². The highest BCUT2D eigenvalue weighted by Gasteiger charge is 2.41. The quantitative estimate of drug-likeness (QED) is 0.826. The standard InChI is InChI=1S/C12H18N2OS/c1-3-15-10-5-4-8-13-11(10)14-9-12(16-2)6-7-12/h4-5,8H,3,6-7,9H2,1-2H3,(H,13,14). The Kier molecular flexibility index (Phi) is 3.59. The molecule has 0 radical (unpaired) electrons. The van der Waals surface area contributed by atoms with Crippen LogP contribution in [0.5, 0.6) is 5.75 Å². The van der Waals surface area contributed by atoms with Crippen LogP contribution in [0.4, 0.5) is 5.82 Å². The number of aromatic nitrogens is 1. The van der Waals surface area contributed by atoms with Crippen LogP contribution in [-0.2, 0) is 0 Å². The van der Waals surface area contributed by atoms with E-state index in [1.54, 1.807) is 6.20 Å². The first-order chi connectivity index (χ1) is 7.79. The fourth-order valence-corrected chi connectivity index (χ4v) is 2.36. The lowest BCUT2D eigenvalue weighted by atomic mass is 10.3. The average molecular weight is 238 g/mol. The van der Waals surface area contributed by atoms with Gasteiger partial charge < -0.3 is 10.1 Å². The molecule has 0 bridgehead atoms. The molecular formula is C12H18N2OS. The topological polar surface area (TPSA) is 34.1 Å². The molecule has 0 saturated heterocycles. The van der Waals surface area contributed by atoms with Gasteiger partial charge in [0, 0.05) is 17.5 Å². The maximum atomic E-state index is 5.52. The largest absolute Gasteiger partial charge is 0.490 e. The second-order valence-corrected chi connectivity index (χ2v) is 5.30.